The third-order valence-corrected chi connectivity index (χ3v) is 0.552. The van der Waals surface area contributed by atoms with Gasteiger partial charge in [0.2, 0.25) is 0 Å². The van der Waals surface area contributed by atoms with Crippen molar-refractivity contribution >= 4 is 29.6 Å². The van der Waals surface area contributed by atoms with Crippen molar-refractivity contribution in [1.29, 1.82) is 0 Å². The Morgan fingerprint density at radius 3 is 1.67 bits per heavy atom. The van der Waals surface area contributed by atoms with E-state index in [4.69, 9.17) is 0 Å². The van der Waals surface area contributed by atoms with E-state index >= 15 is 0 Å². The summed E-state index contributed by atoms with van der Waals surface area (Å²) in [6.45, 7) is 2.06. The summed E-state index contributed by atoms with van der Waals surface area (Å²) in [7, 11) is 0. The van der Waals surface area contributed by atoms with Gasteiger partial charge in [0.15, 0.2) is 0 Å². The topological polar surface area (TPSA) is 36.1 Å². The second-order valence-corrected chi connectivity index (χ2v) is 0.979. The predicted molar refractivity (Wildman–Crippen MR) is 26.3 cm³/mol. The van der Waals surface area contributed by atoms with Crippen LogP contribution in [0.15, 0.2) is 0 Å². The van der Waals surface area contributed by atoms with Crippen LogP contribution >= 0.6 is 0 Å². The summed E-state index contributed by atoms with van der Waals surface area (Å²) in [5.74, 6) is 0. The number of rotatable bonds is 0. The van der Waals surface area contributed by atoms with E-state index in [1.54, 1.807) is 0 Å². The Morgan fingerprint density at radius 2 is 1.50 bits per heavy atom. The summed E-state index contributed by atoms with van der Waals surface area (Å²) in [5.41, 5.74) is 8.44. The molecular weight excluding hydrogens is 89.0 g/mol. The summed E-state index contributed by atoms with van der Waals surface area (Å²) >= 11 is 0. The van der Waals surface area contributed by atoms with E-state index in [0.29, 0.717) is 0 Å². The van der Waals surface area contributed by atoms with Crippen molar-refractivity contribution in [2.45, 2.75) is 0 Å². The molecule has 1 rings (SSSR count). The summed E-state index contributed by atoms with van der Waals surface area (Å²) in [6.07, 6.45) is 0. The van der Waals surface area contributed by atoms with Gasteiger partial charge in [-0.1, -0.05) is 0 Å². The second-order valence-electron chi connectivity index (χ2n) is 0.979. The molecule has 32 valence electrons. The normalized spacial score (nSPS) is 20.0. The van der Waals surface area contributed by atoms with Crippen molar-refractivity contribution in [2.75, 3.05) is 13.1 Å². The molecule has 4 heteroatoms. The Hall–Kier alpha value is 0.880. The number of hydrogen-bond acceptors (Lipinski definition) is 3. The fourth-order valence-corrected chi connectivity index (χ4v) is 0.312. The van der Waals surface area contributed by atoms with Gasteiger partial charge in [-0.15, -0.1) is 0 Å². The van der Waals surface area contributed by atoms with Crippen LogP contribution in [0.25, 0.3) is 0 Å². The summed E-state index contributed by atoms with van der Waals surface area (Å²) < 4.78 is 0. The molecule has 0 aliphatic carbocycles. The monoisotopic (exact) mass is 97.1 g/mol. The van der Waals surface area contributed by atoms with E-state index in [0.717, 1.165) is 13.1 Å². The third-order valence-electron chi connectivity index (χ3n) is 0.552. The maximum absolute atomic E-state index is 2.86. The molecule has 0 aromatic carbocycles. The summed E-state index contributed by atoms with van der Waals surface area (Å²) in [5, 5.41) is 0. The van der Waals surface area contributed by atoms with Gasteiger partial charge >= 0.3 is 29.6 Å². The van der Waals surface area contributed by atoms with Gasteiger partial charge in [-0.3, -0.25) is 0 Å². The van der Waals surface area contributed by atoms with Gasteiger partial charge < -0.3 is 0 Å². The fraction of sp³-hybridized carbons (Fsp3) is 1.00. The molecule has 3 nitrogen and oxygen atoms in total. The Labute approximate surface area is 59.1 Å². The third kappa shape index (κ3) is 2.12. The van der Waals surface area contributed by atoms with Crippen molar-refractivity contribution in [3.63, 3.8) is 0 Å². The van der Waals surface area contributed by atoms with Gasteiger partial charge in [-0.05, 0) is 0 Å². The first kappa shape index (κ1) is 6.88. The van der Waals surface area contributed by atoms with E-state index in [1.165, 1.54) is 0 Å². The minimum absolute atomic E-state index is 0. The van der Waals surface area contributed by atoms with Crippen LogP contribution in [0.3, 0.4) is 0 Å². The van der Waals surface area contributed by atoms with Crippen LogP contribution in [0, 0.1) is 0 Å². The average Bonchev–Trinajstić information content (AvgIpc) is 1.76. The Bertz CT molecular complexity index is 20.4. The van der Waals surface area contributed by atoms with E-state index in [-0.39, 0.29) is 29.6 Å². The summed E-state index contributed by atoms with van der Waals surface area (Å²) in [6, 6.07) is 0. The van der Waals surface area contributed by atoms with E-state index in [1.807, 2.05) is 0 Å². The van der Waals surface area contributed by atoms with Crippen LogP contribution < -0.4 is 16.4 Å². The molecule has 1 saturated heterocycles. The van der Waals surface area contributed by atoms with Crippen LogP contribution in [0.5, 0.6) is 0 Å². The van der Waals surface area contributed by atoms with Crippen LogP contribution in [0.4, 0.5) is 0 Å². The van der Waals surface area contributed by atoms with Gasteiger partial charge in [-0.25, -0.2) is 10.9 Å². The Kier molecular flexibility index (Phi) is 4.64. The zero-order valence-electron chi connectivity index (χ0n) is 2.91. The first-order valence-corrected chi connectivity index (χ1v) is 1.71. The maximum atomic E-state index is 2.86. The Balaban J connectivity index is 0.000000250. The molecule has 1 aliphatic heterocycles. The molecule has 0 aromatic heterocycles. The Morgan fingerprint density at radius 1 is 1.00 bits per heavy atom. The second kappa shape index (κ2) is 4.05. The molecule has 0 radical (unpaired) electrons. The predicted octanol–water partition coefficient (Wildman–Crippen LogP) is -2.05. The molecule has 0 unspecified atom stereocenters. The van der Waals surface area contributed by atoms with E-state index in [2.05, 4.69) is 16.4 Å². The molecule has 0 atom stereocenters. The van der Waals surface area contributed by atoms with Crippen LogP contribution in [-0.4, -0.2) is 42.6 Å². The van der Waals surface area contributed by atoms with Crippen molar-refractivity contribution in [3.8, 4) is 0 Å². The van der Waals surface area contributed by atoms with Gasteiger partial charge in [0.1, 0.15) is 0 Å². The van der Waals surface area contributed by atoms with Crippen molar-refractivity contribution in [3.05, 3.63) is 0 Å². The molecule has 0 spiro atoms. The number of hydrazine groups is 2. The number of hydrogen-bond donors (Lipinski definition) is 3. The van der Waals surface area contributed by atoms with Crippen LogP contribution in [-0.2, 0) is 0 Å². The molecule has 3 N–H and O–H groups in total. The molecule has 0 aromatic rings. The minimum atomic E-state index is 0. The van der Waals surface area contributed by atoms with Crippen LogP contribution in [0.1, 0.15) is 0 Å². The molecule has 6 heavy (non-hydrogen) atoms. The van der Waals surface area contributed by atoms with Gasteiger partial charge in [-0.2, -0.15) is 5.53 Å². The van der Waals surface area contributed by atoms with Gasteiger partial charge in [0.25, 0.3) is 0 Å². The standard InChI is InChI=1S/C2H7N3.Na.H/c1-2-4-5-3-1;;/h3-5H,1-2H2;;. The molecule has 1 heterocycles. The van der Waals surface area contributed by atoms with Crippen molar-refractivity contribution < 1.29 is 0 Å². The van der Waals surface area contributed by atoms with Crippen molar-refractivity contribution in [2.24, 2.45) is 0 Å². The van der Waals surface area contributed by atoms with E-state index < -0.39 is 0 Å². The van der Waals surface area contributed by atoms with Crippen molar-refractivity contribution in [1.82, 2.24) is 16.4 Å². The zero-order chi connectivity index (χ0) is 3.54. The number of nitrogens with one attached hydrogen (secondary N) is 3. The zero-order valence-corrected chi connectivity index (χ0v) is 2.91. The van der Waals surface area contributed by atoms with E-state index in [9.17, 15) is 0 Å². The first-order chi connectivity index (χ1) is 2.50. The average molecular weight is 97.1 g/mol. The molecule has 0 amide bonds. The van der Waals surface area contributed by atoms with Gasteiger partial charge in [0, 0.05) is 13.1 Å². The van der Waals surface area contributed by atoms with Gasteiger partial charge in [0.05, 0.1) is 0 Å². The molecule has 0 saturated carbocycles. The van der Waals surface area contributed by atoms with Crippen LogP contribution in [0.2, 0.25) is 0 Å². The summed E-state index contributed by atoms with van der Waals surface area (Å²) in [4.78, 5) is 0. The fourth-order valence-electron chi connectivity index (χ4n) is 0.312. The quantitative estimate of drug-likeness (QED) is 0.304. The molecule has 1 aliphatic rings. The molecular formula is C2H8N3Na. The first-order valence-electron chi connectivity index (χ1n) is 1.71. The molecule has 0 bridgehead atoms. The SMILES string of the molecule is C1CNNN1.[NaH]. The molecule has 1 fully saturated rings.